The Morgan fingerprint density at radius 3 is 2.52 bits per heavy atom. The van der Waals surface area contributed by atoms with E-state index in [-0.39, 0.29) is 12.0 Å². The Balaban J connectivity index is 1.37. The second-order valence-electron chi connectivity index (χ2n) is 8.77. The van der Waals surface area contributed by atoms with Crippen molar-refractivity contribution in [3.8, 4) is 0 Å². The molecule has 1 atom stereocenters. The topological polar surface area (TPSA) is 37.7 Å². The third-order valence-corrected chi connectivity index (χ3v) is 6.87. The van der Waals surface area contributed by atoms with E-state index in [2.05, 4.69) is 9.80 Å². The lowest BCUT2D eigenvalue weighted by Gasteiger charge is -2.38. The maximum atomic E-state index is 13.2. The molecule has 0 N–H and O–H groups in total. The second kappa shape index (κ2) is 8.78. The highest BCUT2D eigenvalue weighted by Crippen LogP contribution is 2.28. The van der Waals surface area contributed by atoms with E-state index in [1.54, 1.807) is 0 Å². The van der Waals surface area contributed by atoms with Gasteiger partial charge in [-0.05, 0) is 69.7 Å². The molecule has 5 nitrogen and oxygen atoms in total. The molecule has 0 radical (unpaired) electrons. The molecular formula is C22H35N3O2. The van der Waals surface area contributed by atoms with E-state index in [0.29, 0.717) is 5.92 Å². The lowest BCUT2D eigenvalue weighted by atomic mass is 9.94. The number of amides is 1. The fourth-order valence-electron chi connectivity index (χ4n) is 5.20. The highest BCUT2D eigenvalue weighted by Gasteiger charge is 2.31. The van der Waals surface area contributed by atoms with Gasteiger partial charge in [0, 0.05) is 39.0 Å². The summed E-state index contributed by atoms with van der Waals surface area (Å²) in [6, 6.07) is 4.73. The summed E-state index contributed by atoms with van der Waals surface area (Å²) in [6.45, 7) is 4.88. The van der Waals surface area contributed by atoms with E-state index in [0.717, 1.165) is 44.3 Å². The molecule has 1 aliphatic carbocycles. The van der Waals surface area contributed by atoms with Crippen molar-refractivity contribution in [1.82, 2.24) is 14.4 Å². The van der Waals surface area contributed by atoms with E-state index in [9.17, 15) is 4.79 Å². The van der Waals surface area contributed by atoms with Crippen LogP contribution in [0.2, 0.25) is 0 Å². The Morgan fingerprint density at radius 2 is 1.89 bits per heavy atom. The Bertz CT molecular complexity index is 609. The van der Waals surface area contributed by atoms with Crippen LogP contribution in [0.15, 0.2) is 18.3 Å². The Morgan fingerprint density at radius 1 is 1.11 bits per heavy atom. The summed E-state index contributed by atoms with van der Waals surface area (Å²) in [5.74, 6) is 0.782. The van der Waals surface area contributed by atoms with Crippen molar-refractivity contribution in [2.75, 3.05) is 32.8 Å². The summed E-state index contributed by atoms with van der Waals surface area (Å²) in [5, 5.41) is 0. The van der Waals surface area contributed by atoms with Gasteiger partial charge in [-0.2, -0.15) is 0 Å². The van der Waals surface area contributed by atoms with Gasteiger partial charge in [-0.3, -0.25) is 4.79 Å². The Kier molecular flexibility index (Phi) is 6.18. The quantitative estimate of drug-likeness (QED) is 0.768. The summed E-state index contributed by atoms with van der Waals surface area (Å²) in [4.78, 5) is 18.0. The Labute approximate surface area is 163 Å². The lowest BCUT2D eigenvalue weighted by molar-refractivity contribution is 0.0422. The van der Waals surface area contributed by atoms with Gasteiger partial charge in [0.1, 0.15) is 5.69 Å². The molecule has 1 saturated carbocycles. The zero-order valence-electron chi connectivity index (χ0n) is 16.8. The number of likely N-dealkylation sites (tertiary alicyclic amines) is 1. The second-order valence-corrected chi connectivity index (χ2v) is 8.77. The molecule has 1 aromatic rings. The van der Waals surface area contributed by atoms with Gasteiger partial charge >= 0.3 is 0 Å². The third kappa shape index (κ3) is 4.57. The van der Waals surface area contributed by atoms with Crippen LogP contribution in [-0.4, -0.2) is 65.2 Å². The van der Waals surface area contributed by atoms with Gasteiger partial charge < -0.3 is 19.1 Å². The number of hydrogen-bond donors (Lipinski definition) is 0. The molecule has 2 aliphatic heterocycles. The molecule has 2 saturated heterocycles. The van der Waals surface area contributed by atoms with Crippen LogP contribution < -0.4 is 0 Å². The van der Waals surface area contributed by atoms with Crippen LogP contribution >= 0.6 is 0 Å². The minimum absolute atomic E-state index is 0.163. The smallest absolute Gasteiger partial charge is 0.270 e. The average Bonchev–Trinajstić information content (AvgIpc) is 3.44. The molecule has 3 fully saturated rings. The van der Waals surface area contributed by atoms with Gasteiger partial charge in [-0.15, -0.1) is 0 Å². The van der Waals surface area contributed by atoms with Crippen LogP contribution in [0, 0.1) is 5.92 Å². The van der Waals surface area contributed by atoms with Gasteiger partial charge in [-0.1, -0.05) is 12.8 Å². The van der Waals surface area contributed by atoms with Crippen molar-refractivity contribution in [3.05, 3.63) is 24.0 Å². The highest BCUT2D eigenvalue weighted by molar-refractivity contribution is 5.92. The first-order valence-corrected chi connectivity index (χ1v) is 11.0. The molecule has 150 valence electrons. The molecule has 1 amide bonds. The molecule has 0 aromatic carbocycles. The Hall–Kier alpha value is -1.33. The fourth-order valence-corrected chi connectivity index (χ4v) is 5.20. The summed E-state index contributed by atoms with van der Waals surface area (Å²) in [5.41, 5.74) is 0.788. The number of aryl methyl sites for hydroxylation is 1. The monoisotopic (exact) mass is 373 g/mol. The van der Waals surface area contributed by atoms with Crippen LogP contribution in [0.1, 0.15) is 61.9 Å². The third-order valence-electron chi connectivity index (χ3n) is 6.87. The molecule has 27 heavy (non-hydrogen) atoms. The first-order valence-electron chi connectivity index (χ1n) is 11.0. The largest absolute Gasteiger partial charge is 0.376 e. The molecule has 3 heterocycles. The minimum Gasteiger partial charge on any atom is -0.376 e. The van der Waals surface area contributed by atoms with Gasteiger partial charge in [0.15, 0.2) is 0 Å². The van der Waals surface area contributed by atoms with Gasteiger partial charge in [0.25, 0.3) is 5.91 Å². The van der Waals surface area contributed by atoms with Crippen LogP contribution in [0.4, 0.5) is 0 Å². The normalized spacial score (nSPS) is 25.3. The highest BCUT2D eigenvalue weighted by atomic mass is 16.5. The van der Waals surface area contributed by atoms with E-state index in [4.69, 9.17) is 4.74 Å². The van der Waals surface area contributed by atoms with E-state index in [1.165, 1.54) is 51.6 Å². The van der Waals surface area contributed by atoms with E-state index >= 15 is 0 Å². The maximum absolute atomic E-state index is 13.2. The number of aromatic nitrogens is 1. The zero-order valence-corrected chi connectivity index (χ0v) is 16.8. The predicted octanol–water partition coefficient (Wildman–Crippen LogP) is 3.30. The van der Waals surface area contributed by atoms with Gasteiger partial charge in [0.2, 0.25) is 0 Å². The molecule has 5 heteroatoms. The molecule has 1 aromatic heterocycles. The maximum Gasteiger partial charge on any atom is 0.270 e. The number of carbonyl (C=O) groups is 1. The van der Waals surface area contributed by atoms with Crippen LogP contribution in [0.25, 0.3) is 0 Å². The fraction of sp³-hybridized carbons (Fsp3) is 0.773. The van der Waals surface area contributed by atoms with Crippen LogP contribution in [0.3, 0.4) is 0 Å². The van der Waals surface area contributed by atoms with Crippen LogP contribution in [0.5, 0.6) is 0 Å². The predicted molar refractivity (Wildman–Crippen MR) is 107 cm³/mol. The summed E-state index contributed by atoms with van der Waals surface area (Å²) >= 11 is 0. The first kappa shape index (κ1) is 19.0. The molecule has 4 rings (SSSR count). The van der Waals surface area contributed by atoms with Crippen molar-refractivity contribution in [1.29, 1.82) is 0 Å². The SMILES string of the molecule is Cn1cccc1C(=O)N(CC1CCN(C2CCCC2)CC1)C[C@@H]1CCCO1. The summed E-state index contributed by atoms with van der Waals surface area (Å²) in [7, 11) is 1.96. The van der Waals surface area contributed by atoms with Crippen molar-refractivity contribution < 1.29 is 9.53 Å². The minimum atomic E-state index is 0.163. The summed E-state index contributed by atoms with van der Waals surface area (Å²) < 4.78 is 7.78. The molecular weight excluding hydrogens is 338 g/mol. The number of ether oxygens (including phenoxy) is 1. The number of hydrogen-bond acceptors (Lipinski definition) is 3. The van der Waals surface area contributed by atoms with E-state index in [1.807, 2.05) is 29.9 Å². The van der Waals surface area contributed by atoms with Crippen molar-refractivity contribution in [2.24, 2.45) is 13.0 Å². The lowest BCUT2D eigenvalue weighted by Crippen LogP contribution is -2.45. The van der Waals surface area contributed by atoms with Gasteiger partial charge in [0.05, 0.1) is 6.10 Å². The van der Waals surface area contributed by atoms with Crippen molar-refractivity contribution in [2.45, 2.75) is 63.5 Å². The standard InChI is InChI=1S/C22H35N3O2/c1-23-12-4-9-21(23)22(26)25(17-20-8-5-15-27-20)16-18-10-13-24(14-11-18)19-6-2-3-7-19/h4,9,12,18-20H,2-3,5-8,10-11,13-17H2,1H3/t20-/m0/s1. The number of carbonyl (C=O) groups excluding carboxylic acids is 1. The summed E-state index contributed by atoms with van der Waals surface area (Å²) in [6.07, 6.45) is 12.4. The van der Waals surface area contributed by atoms with Gasteiger partial charge in [-0.25, -0.2) is 0 Å². The molecule has 0 bridgehead atoms. The first-order chi connectivity index (χ1) is 13.2. The van der Waals surface area contributed by atoms with E-state index < -0.39 is 0 Å². The number of piperidine rings is 1. The molecule has 3 aliphatic rings. The average molecular weight is 374 g/mol. The van der Waals surface area contributed by atoms with Crippen molar-refractivity contribution >= 4 is 5.91 Å². The zero-order chi connectivity index (χ0) is 18.6. The van der Waals surface area contributed by atoms with Crippen molar-refractivity contribution in [3.63, 3.8) is 0 Å². The molecule has 0 spiro atoms. The van der Waals surface area contributed by atoms with Crippen LogP contribution in [-0.2, 0) is 11.8 Å². The number of nitrogens with zero attached hydrogens (tertiary/aromatic N) is 3. The number of rotatable bonds is 6. The molecule has 0 unspecified atom stereocenters.